The van der Waals surface area contributed by atoms with E-state index < -0.39 is 5.97 Å². The fourth-order valence-electron chi connectivity index (χ4n) is 5.81. The molecule has 0 amide bonds. The number of aromatic nitrogens is 2. The number of amidine groups is 2. The van der Waals surface area contributed by atoms with Crippen LogP contribution in [0.3, 0.4) is 0 Å². The van der Waals surface area contributed by atoms with Crippen molar-refractivity contribution in [3.63, 3.8) is 0 Å². The molecule has 0 atom stereocenters. The molecule has 0 saturated carbocycles. The maximum atomic E-state index is 11.3. The first-order chi connectivity index (χ1) is 20.1. The van der Waals surface area contributed by atoms with Gasteiger partial charge in [0, 0.05) is 61.0 Å². The summed E-state index contributed by atoms with van der Waals surface area (Å²) < 4.78 is 8.84. The van der Waals surface area contributed by atoms with E-state index in [0.29, 0.717) is 17.1 Å². The number of likely N-dealkylation sites (tertiary alicyclic amines) is 1. The summed E-state index contributed by atoms with van der Waals surface area (Å²) in [5.74, 6) is 1.36. The van der Waals surface area contributed by atoms with Gasteiger partial charge in [-0.3, -0.25) is 20.2 Å². The number of aliphatic carboxylic acids is 1. The number of carboxylic acids is 1. The lowest BCUT2D eigenvalue weighted by Gasteiger charge is -2.33. The van der Waals surface area contributed by atoms with Crippen LogP contribution in [0.15, 0.2) is 42.5 Å². The number of ether oxygens (including phenoxy) is 1. The van der Waals surface area contributed by atoms with Gasteiger partial charge in [0.2, 0.25) is 0 Å². The van der Waals surface area contributed by atoms with Crippen LogP contribution < -0.4 is 15.8 Å². The predicted molar refractivity (Wildman–Crippen MR) is 168 cm³/mol. The van der Waals surface area contributed by atoms with Crippen molar-refractivity contribution in [2.75, 3.05) is 25.0 Å². The van der Waals surface area contributed by atoms with Gasteiger partial charge in [-0.15, -0.1) is 0 Å². The lowest BCUT2D eigenvalue weighted by atomic mass is 10.0. The number of hydrogen-bond donors (Lipinski definition) is 5. The fraction of sp³-hybridized carbons (Fsp3) is 0.375. The van der Waals surface area contributed by atoms with E-state index in [9.17, 15) is 9.90 Å². The molecule has 0 spiro atoms. The summed E-state index contributed by atoms with van der Waals surface area (Å²) in [6.07, 6.45) is 1.52. The molecule has 0 unspecified atom stereocenters. The third-order valence-corrected chi connectivity index (χ3v) is 7.98. The van der Waals surface area contributed by atoms with Gasteiger partial charge in [-0.05, 0) is 31.4 Å². The Morgan fingerprint density at radius 3 is 2.48 bits per heavy atom. The average Bonchev–Trinajstić information content (AvgIpc) is 3.34. The molecule has 1 aliphatic heterocycles. The zero-order valence-corrected chi connectivity index (χ0v) is 24.6. The Labute approximate surface area is 245 Å². The van der Waals surface area contributed by atoms with Crippen LogP contribution in [0.2, 0.25) is 0 Å². The van der Waals surface area contributed by atoms with Crippen molar-refractivity contribution in [3.8, 4) is 11.4 Å². The summed E-state index contributed by atoms with van der Waals surface area (Å²) in [5, 5.41) is 30.5. The number of nitrogens with one attached hydrogen (secondary N) is 3. The number of anilines is 1. The number of carboxylic acid groups (broad SMARTS) is 1. The molecule has 1 saturated heterocycles. The molecule has 10 heteroatoms. The largest absolute Gasteiger partial charge is 0.488 e. The van der Waals surface area contributed by atoms with Crippen molar-refractivity contribution in [2.45, 2.75) is 59.0 Å². The molecular weight excluding hydrogens is 530 g/mol. The van der Waals surface area contributed by atoms with Gasteiger partial charge in [-0.2, -0.15) is 0 Å². The van der Waals surface area contributed by atoms with E-state index in [2.05, 4.69) is 28.6 Å². The van der Waals surface area contributed by atoms with Crippen molar-refractivity contribution in [3.05, 3.63) is 59.4 Å². The summed E-state index contributed by atoms with van der Waals surface area (Å²) in [4.78, 5) is 18.5. The van der Waals surface area contributed by atoms with Gasteiger partial charge in [0.25, 0.3) is 0 Å². The summed E-state index contributed by atoms with van der Waals surface area (Å²) >= 11 is 0. The molecule has 1 aromatic heterocycles. The molecule has 42 heavy (non-hydrogen) atoms. The van der Waals surface area contributed by atoms with Crippen LogP contribution in [0.1, 0.15) is 62.9 Å². The molecule has 0 aliphatic carbocycles. The van der Waals surface area contributed by atoms with Gasteiger partial charge >= 0.3 is 5.97 Å². The third kappa shape index (κ3) is 5.48. The highest BCUT2D eigenvalue weighted by atomic mass is 16.5. The Hall–Kier alpha value is -4.60. The highest BCUT2D eigenvalue weighted by Crippen LogP contribution is 2.40. The molecule has 220 valence electrons. The molecule has 1 fully saturated rings. The maximum absolute atomic E-state index is 11.3. The summed E-state index contributed by atoms with van der Waals surface area (Å²) in [6.45, 7) is 9.81. The quantitative estimate of drug-likeness (QED) is 0.129. The van der Waals surface area contributed by atoms with E-state index in [-0.39, 0.29) is 30.8 Å². The average molecular weight is 570 g/mol. The lowest BCUT2D eigenvalue weighted by Crippen LogP contribution is -2.40. The van der Waals surface area contributed by atoms with E-state index in [1.165, 1.54) is 0 Å². The number of hydrogen-bond acceptors (Lipinski definition) is 6. The molecule has 6 N–H and O–H groups in total. The second-order valence-corrected chi connectivity index (χ2v) is 11.3. The SMILES string of the molecule is CC(=N)N1CCC(Oc2cc3c(nc(C(C)C)n3-c3ccc(C(=N)N)c4ccccc34)c(C)c2NCCC(=O)O)CC1. The minimum absolute atomic E-state index is 0.0187. The van der Waals surface area contributed by atoms with Crippen molar-refractivity contribution < 1.29 is 14.6 Å². The van der Waals surface area contributed by atoms with E-state index >= 15 is 0 Å². The highest BCUT2D eigenvalue weighted by molar-refractivity contribution is 6.10. The Morgan fingerprint density at radius 1 is 1.17 bits per heavy atom. The molecule has 0 radical (unpaired) electrons. The van der Waals surface area contributed by atoms with Crippen molar-refractivity contribution in [1.82, 2.24) is 14.5 Å². The van der Waals surface area contributed by atoms with Crippen LogP contribution in [0.4, 0.5) is 5.69 Å². The van der Waals surface area contributed by atoms with Gasteiger partial charge in [0.15, 0.2) is 0 Å². The Morgan fingerprint density at radius 2 is 1.86 bits per heavy atom. The number of aryl methyl sites for hydroxylation is 1. The molecule has 2 heterocycles. The Balaban J connectivity index is 1.69. The molecule has 10 nitrogen and oxygen atoms in total. The zero-order chi connectivity index (χ0) is 30.1. The fourth-order valence-corrected chi connectivity index (χ4v) is 5.81. The number of imidazole rings is 1. The van der Waals surface area contributed by atoms with Gasteiger partial charge in [-0.25, -0.2) is 4.98 Å². The summed E-state index contributed by atoms with van der Waals surface area (Å²) in [6, 6.07) is 13.9. The minimum Gasteiger partial charge on any atom is -0.488 e. The van der Waals surface area contributed by atoms with Crippen molar-refractivity contribution in [1.29, 1.82) is 10.8 Å². The molecule has 1 aliphatic rings. The second kappa shape index (κ2) is 11.7. The van der Waals surface area contributed by atoms with Crippen LogP contribution in [-0.4, -0.2) is 62.9 Å². The van der Waals surface area contributed by atoms with E-state index in [1.54, 1.807) is 0 Å². The van der Waals surface area contributed by atoms with E-state index in [0.717, 1.165) is 70.5 Å². The third-order valence-electron chi connectivity index (χ3n) is 7.98. The molecule has 4 aromatic rings. The first kappa shape index (κ1) is 28.9. The van der Waals surface area contributed by atoms with Crippen LogP contribution >= 0.6 is 0 Å². The van der Waals surface area contributed by atoms with Gasteiger partial charge in [0.05, 0.1) is 34.7 Å². The Kier molecular flexibility index (Phi) is 8.06. The number of rotatable bonds is 9. The van der Waals surface area contributed by atoms with Crippen LogP contribution in [0.25, 0.3) is 27.5 Å². The number of nitrogen functional groups attached to an aromatic ring is 1. The monoisotopic (exact) mass is 569 g/mol. The number of nitrogens with two attached hydrogens (primary N) is 1. The van der Waals surface area contributed by atoms with Crippen LogP contribution in [0, 0.1) is 17.7 Å². The van der Waals surface area contributed by atoms with Crippen molar-refractivity contribution >= 4 is 45.1 Å². The smallest absolute Gasteiger partial charge is 0.305 e. The van der Waals surface area contributed by atoms with E-state index in [1.807, 2.05) is 56.3 Å². The minimum atomic E-state index is -0.870. The van der Waals surface area contributed by atoms with Gasteiger partial charge in [0.1, 0.15) is 23.5 Å². The van der Waals surface area contributed by atoms with Gasteiger partial charge in [-0.1, -0.05) is 38.1 Å². The highest BCUT2D eigenvalue weighted by Gasteiger charge is 2.26. The summed E-state index contributed by atoms with van der Waals surface area (Å²) in [7, 11) is 0. The number of piperidine rings is 1. The van der Waals surface area contributed by atoms with Crippen molar-refractivity contribution in [2.24, 2.45) is 5.73 Å². The van der Waals surface area contributed by atoms with E-state index in [4.69, 9.17) is 26.3 Å². The normalized spacial score (nSPS) is 14.1. The Bertz CT molecular complexity index is 1680. The number of fused-ring (bicyclic) bond motifs is 2. The topological polar surface area (TPSA) is 153 Å². The molecule has 0 bridgehead atoms. The van der Waals surface area contributed by atoms with Crippen LogP contribution in [0.5, 0.6) is 5.75 Å². The second-order valence-electron chi connectivity index (χ2n) is 11.3. The standard InChI is InChI=1S/C32H39N7O3/c1-18(2)32-37-29-19(3)30(36-14-11-28(40)41)27(42-21-12-15-38(16-13-21)20(4)33)17-26(29)39(32)25-10-9-24(31(34)35)22-7-5-6-8-23(22)25/h5-10,17-18,21,33,36H,11-16H2,1-4H3,(H3,34,35)(H,40,41). The molecular formula is C32H39N7O3. The maximum Gasteiger partial charge on any atom is 0.305 e. The summed E-state index contributed by atoms with van der Waals surface area (Å²) in [5.41, 5.74) is 10.9. The first-order valence-electron chi connectivity index (χ1n) is 14.4. The van der Waals surface area contributed by atoms with Crippen LogP contribution in [-0.2, 0) is 4.79 Å². The molecule has 3 aromatic carbocycles. The lowest BCUT2D eigenvalue weighted by molar-refractivity contribution is -0.136. The molecule has 5 rings (SSSR count). The number of nitrogens with zero attached hydrogens (tertiary/aromatic N) is 3. The first-order valence-corrected chi connectivity index (χ1v) is 14.4. The predicted octanol–water partition coefficient (Wildman–Crippen LogP) is 5.62. The van der Waals surface area contributed by atoms with Gasteiger partial charge < -0.3 is 25.8 Å². The number of carbonyl (C=O) groups is 1. The number of benzene rings is 3. The zero-order valence-electron chi connectivity index (χ0n) is 24.6.